The highest BCUT2D eigenvalue weighted by molar-refractivity contribution is 5.98. The number of nitrogens with one attached hydrogen (secondary N) is 1. The normalized spacial score (nSPS) is 10.1. The molecule has 0 spiro atoms. The van der Waals surface area contributed by atoms with E-state index >= 15 is 0 Å². The average molecular weight is 388 g/mol. The van der Waals surface area contributed by atoms with E-state index in [-0.39, 0.29) is 22.7 Å². The van der Waals surface area contributed by atoms with Crippen molar-refractivity contribution in [3.63, 3.8) is 0 Å². The maximum atomic E-state index is 12.3. The molecule has 0 atom stereocenters. The van der Waals surface area contributed by atoms with E-state index < -0.39 is 23.4 Å². The molecule has 0 aliphatic heterocycles. The van der Waals surface area contributed by atoms with Crippen molar-refractivity contribution in [2.24, 2.45) is 0 Å². The molecule has 2 rings (SSSR count). The van der Waals surface area contributed by atoms with Crippen LogP contribution in [-0.2, 0) is 9.53 Å². The molecule has 148 valence electrons. The van der Waals surface area contributed by atoms with Crippen molar-refractivity contribution in [3.8, 4) is 11.5 Å². The number of benzene rings is 2. The number of amides is 1. The van der Waals surface area contributed by atoms with Gasteiger partial charge in [0.25, 0.3) is 11.6 Å². The molecule has 2 aromatic rings. The van der Waals surface area contributed by atoms with Crippen LogP contribution in [-0.4, -0.2) is 37.6 Å². The third kappa shape index (κ3) is 4.56. The maximum Gasteiger partial charge on any atom is 0.342 e. The van der Waals surface area contributed by atoms with Gasteiger partial charge in [-0.05, 0) is 43.2 Å². The SMILES string of the molecule is COc1ccc(OC)c(C(=O)OCC(=O)Nc2c([N+](=O)[O-])ccc(C)c2C)c1. The second-order valence-corrected chi connectivity index (χ2v) is 5.85. The van der Waals surface area contributed by atoms with Crippen molar-refractivity contribution in [2.45, 2.75) is 13.8 Å². The number of nitro groups is 1. The number of methoxy groups -OCH3 is 2. The van der Waals surface area contributed by atoms with Crippen LogP contribution in [0.15, 0.2) is 30.3 Å². The summed E-state index contributed by atoms with van der Waals surface area (Å²) in [5.74, 6) is -0.812. The molecule has 0 aliphatic carbocycles. The standard InChI is InChI=1S/C19H20N2O7/c1-11-5-7-15(21(24)25)18(12(11)2)20-17(22)10-28-19(23)14-9-13(26-3)6-8-16(14)27-4/h5-9H,10H2,1-4H3,(H,20,22). The lowest BCUT2D eigenvalue weighted by Gasteiger charge is -2.12. The van der Waals surface area contributed by atoms with Crippen LogP contribution in [0.2, 0.25) is 0 Å². The number of hydrogen-bond acceptors (Lipinski definition) is 7. The van der Waals surface area contributed by atoms with Crippen LogP contribution in [0.4, 0.5) is 11.4 Å². The number of nitrogens with zero attached hydrogens (tertiary/aromatic N) is 1. The van der Waals surface area contributed by atoms with Crippen LogP contribution < -0.4 is 14.8 Å². The van der Waals surface area contributed by atoms with Crippen LogP contribution in [0.5, 0.6) is 11.5 Å². The zero-order chi connectivity index (χ0) is 20.8. The van der Waals surface area contributed by atoms with Gasteiger partial charge >= 0.3 is 5.97 Å². The number of anilines is 1. The Morgan fingerprint density at radius 3 is 2.43 bits per heavy atom. The van der Waals surface area contributed by atoms with Crippen LogP contribution in [0.3, 0.4) is 0 Å². The summed E-state index contributed by atoms with van der Waals surface area (Å²) in [6, 6.07) is 7.48. The third-order valence-electron chi connectivity index (χ3n) is 4.14. The molecule has 0 aromatic heterocycles. The maximum absolute atomic E-state index is 12.3. The molecule has 0 fully saturated rings. The first-order valence-corrected chi connectivity index (χ1v) is 8.22. The zero-order valence-corrected chi connectivity index (χ0v) is 15.9. The Bertz CT molecular complexity index is 925. The summed E-state index contributed by atoms with van der Waals surface area (Å²) < 4.78 is 15.2. The van der Waals surface area contributed by atoms with Crippen LogP contribution in [0.25, 0.3) is 0 Å². The Labute approximate surface area is 161 Å². The van der Waals surface area contributed by atoms with Crippen molar-refractivity contribution in [1.82, 2.24) is 0 Å². The Kier molecular flexibility index (Phi) is 6.54. The first-order valence-electron chi connectivity index (χ1n) is 8.22. The van der Waals surface area contributed by atoms with Gasteiger partial charge in [0.1, 0.15) is 22.7 Å². The topological polar surface area (TPSA) is 117 Å². The van der Waals surface area contributed by atoms with E-state index in [0.717, 1.165) is 5.56 Å². The van der Waals surface area contributed by atoms with Gasteiger partial charge in [0.15, 0.2) is 6.61 Å². The molecule has 2 aromatic carbocycles. The fourth-order valence-electron chi connectivity index (χ4n) is 2.47. The molecule has 0 saturated heterocycles. The summed E-state index contributed by atoms with van der Waals surface area (Å²) >= 11 is 0. The quantitative estimate of drug-likeness (QED) is 0.440. The second-order valence-electron chi connectivity index (χ2n) is 5.85. The number of carbonyl (C=O) groups excluding carboxylic acids is 2. The Morgan fingerprint density at radius 1 is 1.11 bits per heavy atom. The van der Waals surface area contributed by atoms with Gasteiger partial charge in [0.05, 0.1) is 19.1 Å². The first-order chi connectivity index (χ1) is 13.3. The van der Waals surface area contributed by atoms with Crippen molar-refractivity contribution in [1.29, 1.82) is 0 Å². The largest absolute Gasteiger partial charge is 0.497 e. The lowest BCUT2D eigenvalue weighted by atomic mass is 10.1. The second kappa shape index (κ2) is 8.85. The minimum Gasteiger partial charge on any atom is -0.497 e. The lowest BCUT2D eigenvalue weighted by molar-refractivity contribution is -0.384. The average Bonchev–Trinajstić information content (AvgIpc) is 2.68. The number of ether oxygens (including phenoxy) is 3. The van der Waals surface area contributed by atoms with Gasteiger partial charge in [0.2, 0.25) is 0 Å². The molecule has 0 aliphatic rings. The van der Waals surface area contributed by atoms with E-state index in [1.165, 1.54) is 32.4 Å². The van der Waals surface area contributed by atoms with Gasteiger partial charge in [-0.2, -0.15) is 0 Å². The van der Waals surface area contributed by atoms with Gasteiger partial charge in [-0.3, -0.25) is 14.9 Å². The van der Waals surface area contributed by atoms with Crippen LogP contribution in [0, 0.1) is 24.0 Å². The molecule has 1 amide bonds. The number of aryl methyl sites for hydroxylation is 1. The van der Waals surface area contributed by atoms with Gasteiger partial charge in [0, 0.05) is 6.07 Å². The first kappa shape index (κ1) is 20.7. The predicted molar refractivity (Wildman–Crippen MR) is 101 cm³/mol. The highest BCUT2D eigenvalue weighted by atomic mass is 16.6. The van der Waals surface area contributed by atoms with E-state index in [0.29, 0.717) is 11.3 Å². The molecule has 0 heterocycles. The molecule has 0 saturated carbocycles. The van der Waals surface area contributed by atoms with Gasteiger partial charge in [-0.1, -0.05) is 6.07 Å². The number of carbonyl (C=O) groups is 2. The number of esters is 1. The summed E-state index contributed by atoms with van der Waals surface area (Å²) in [4.78, 5) is 35.1. The molecule has 0 unspecified atom stereocenters. The van der Waals surface area contributed by atoms with E-state index in [1.54, 1.807) is 26.0 Å². The minimum atomic E-state index is -0.790. The smallest absolute Gasteiger partial charge is 0.342 e. The minimum absolute atomic E-state index is 0.0741. The van der Waals surface area contributed by atoms with E-state index in [2.05, 4.69) is 5.32 Å². The molecular formula is C19H20N2O7. The lowest BCUT2D eigenvalue weighted by Crippen LogP contribution is -2.22. The molecule has 1 N–H and O–H groups in total. The van der Waals surface area contributed by atoms with Crippen molar-refractivity contribution >= 4 is 23.3 Å². The Balaban J connectivity index is 2.13. The highest BCUT2D eigenvalue weighted by Gasteiger charge is 2.21. The number of rotatable bonds is 7. The molecule has 9 nitrogen and oxygen atoms in total. The van der Waals surface area contributed by atoms with Gasteiger partial charge < -0.3 is 19.5 Å². The molecule has 9 heteroatoms. The molecule has 0 bridgehead atoms. The highest BCUT2D eigenvalue weighted by Crippen LogP contribution is 2.30. The Hall–Kier alpha value is -3.62. The monoisotopic (exact) mass is 388 g/mol. The van der Waals surface area contributed by atoms with E-state index in [9.17, 15) is 19.7 Å². The van der Waals surface area contributed by atoms with Crippen molar-refractivity contribution in [3.05, 3.63) is 57.1 Å². The molecular weight excluding hydrogens is 368 g/mol. The van der Waals surface area contributed by atoms with Crippen LogP contribution >= 0.6 is 0 Å². The van der Waals surface area contributed by atoms with Crippen molar-refractivity contribution in [2.75, 3.05) is 26.1 Å². The third-order valence-corrected chi connectivity index (χ3v) is 4.14. The summed E-state index contributed by atoms with van der Waals surface area (Å²) in [5.41, 5.74) is 1.26. The predicted octanol–water partition coefficient (Wildman–Crippen LogP) is 3.02. The van der Waals surface area contributed by atoms with Gasteiger partial charge in [-0.25, -0.2) is 4.79 Å². The Morgan fingerprint density at radius 2 is 1.82 bits per heavy atom. The summed E-state index contributed by atoms with van der Waals surface area (Å²) in [6.07, 6.45) is 0. The number of hydrogen-bond donors (Lipinski definition) is 1. The van der Waals surface area contributed by atoms with E-state index in [1.807, 2.05) is 0 Å². The van der Waals surface area contributed by atoms with E-state index in [4.69, 9.17) is 14.2 Å². The van der Waals surface area contributed by atoms with Gasteiger partial charge in [-0.15, -0.1) is 0 Å². The molecule has 28 heavy (non-hydrogen) atoms. The number of nitro benzene ring substituents is 1. The fraction of sp³-hybridized carbons (Fsp3) is 0.263. The zero-order valence-electron chi connectivity index (χ0n) is 15.9. The summed E-state index contributed by atoms with van der Waals surface area (Å²) in [7, 11) is 2.84. The summed E-state index contributed by atoms with van der Waals surface area (Å²) in [6.45, 7) is 2.80. The summed E-state index contributed by atoms with van der Waals surface area (Å²) in [5, 5.41) is 13.6. The fourth-order valence-corrected chi connectivity index (χ4v) is 2.47. The van der Waals surface area contributed by atoms with Crippen LogP contribution in [0.1, 0.15) is 21.5 Å². The van der Waals surface area contributed by atoms with Crippen molar-refractivity contribution < 1.29 is 28.7 Å². The molecule has 0 radical (unpaired) electrons.